The highest BCUT2D eigenvalue weighted by Gasteiger charge is 2.22. The number of hydrogen-bond acceptors (Lipinski definition) is 3. The van der Waals surface area contributed by atoms with E-state index in [1.54, 1.807) is 0 Å². The monoisotopic (exact) mass is 418 g/mol. The van der Waals surface area contributed by atoms with Crippen molar-refractivity contribution < 1.29 is 9.90 Å². The second-order valence-corrected chi connectivity index (χ2v) is 8.48. The summed E-state index contributed by atoms with van der Waals surface area (Å²) in [7, 11) is 4.16. The highest BCUT2D eigenvalue weighted by atomic mass is 16.4. The van der Waals surface area contributed by atoms with Gasteiger partial charge in [-0.1, -0.05) is 36.4 Å². The number of aryl methyl sites for hydroxylation is 2. The van der Waals surface area contributed by atoms with E-state index < -0.39 is 6.09 Å². The third kappa shape index (κ3) is 4.49. The molecule has 4 rings (SSSR count). The first kappa shape index (κ1) is 21.1. The number of carbonyl (C=O) groups is 1. The van der Waals surface area contributed by atoms with Crippen molar-refractivity contribution in [3.05, 3.63) is 59.8 Å². The van der Waals surface area contributed by atoms with Gasteiger partial charge in [-0.05, 0) is 74.8 Å². The van der Waals surface area contributed by atoms with Crippen LogP contribution in [-0.4, -0.2) is 64.5 Å². The fourth-order valence-corrected chi connectivity index (χ4v) is 4.29. The summed E-state index contributed by atoms with van der Waals surface area (Å²) >= 11 is 0. The smallest absolute Gasteiger partial charge is 0.407 e. The summed E-state index contributed by atoms with van der Waals surface area (Å²) in [6.45, 7) is 4.91. The maximum Gasteiger partial charge on any atom is 0.407 e. The van der Waals surface area contributed by atoms with Crippen molar-refractivity contribution in [2.24, 2.45) is 0 Å². The highest BCUT2D eigenvalue weighted by Crippen LogP contribution is 2.33. The van der Waals surface area contributed by atoms with Crippen LogP contribution in [0.2, 0.25) is 0 Å². The maximum absolute atomic E-state index is 11.3. The number of benzene rings is 2. The molecule has 1 aliphatic heterocycles. The molecule has 3 aromatic rings. The van der Waals surface area contributed by atoms with Gasteiger partial charge in [-0.2, -0.15) is 5.10 Å². The Morgan fingerprint density at radius 3 is 2.68 bits per heavy atom. The quantitative estimate of drug-likeness (QED) is 0.629. The Kier molecular flexibility index (Phi) is 6.09. The lowest BCUT2D eigenvalue weighted by molar-refractivity contribution is 0.150. The minimum atomic E-state index is -0.859. The van der Waals surface area contributed by atoms with E-state index in [9.17, 15) is 9.90 Å². The second-order valence-electron chi connectivity index (χ2n) is 8.48. The molecular weight excluding hydrogens is 388 g/mol. The fourth-order valence-electron chi connectivity index (χ4n) is 4.29. The highest BCUT2D eigenvalue weighted by molar-refractivity contribution is 5.93. The minimum absolute atomic E-state index is 0.427. The summed E-state index contributed by atoms with van der Waals surface area (Å²) < 4.78 is 2.12. The van der Waals surface area contributed by atoms with E-state index in [1.807, 2.05) is 6.08 Å². The van der Waals surface area contributed by atoms with Crippen LogP contribution in [0.4, 0.5) is 4.79 Å². The van der Waals surface area contributed by atoms with Crippen LogP contribution >= 0.6 is 0 Å². The van der Waals surface area contributed by atoms with Crippen molar-refractivity contribution >= 4 is 22.6 Å². The molecule has 1 aromatic heterocycles. The van der Waals surface area contributed by atoms with E-state index >= 15 is 0 Å². The Morgan fingerprint density at radius 1 is 1.19 bits per heavy atom. The van der Waals surface area contributed by atoms with E-state index in [4.69, 9.17) is 5.10 Å². The molecule has 1 aliphatic rings. The van der Waals surface area contributed by atoms with Gasteiger partial charge in [0.15, 0.2) is 0 Å². The molecule has 31 heavy (non-hydrogen) atoms. The predicted molar refractivity (Wildman–Crippen MR) is 125 cm³/mol. The predicted octanol–water partition coefficient (Wildman–Crippen LogP) is 4.73. The van der Waals surface area contributed by atoms with Crippen molar-refractivity contribution in [1.82, 2.24) is 19.6 Å². The van der Waals surface area contributed by atoms with Crippen LogP contribution in [0, 0.1) is 6.92 Å². The Balaban J connectivity index is 1.75. The van der Waals surface area contributed by atoms with Gasteiger partial charge in [-0.25, -0.2) is 4.79 Å². The van der Waals surface area contributed by atoms with Crippen LogP contribution in [0.15, 0.2) is 48.5 Å². The average molecular weight is 419 g/mol. The lowest BCUT2D eigenvalue weighted by Gasteiger charge is -2.24. The van der Waals surface area contributed by atoms with Gasteiger partial charge in [0, 0.05) is 25.0 Å². The van der Waals surface area contributed by atoms with Crippen LogP contribution in [-0.2, 0) is 6.54 Å². The number of carboxylic acid groups (broad SMARTS) is 1. The topological polar surface area (TPSA) is 61.6 Å². The lowest BCUT2D eigenvalue weighted by Crippen LogP contribution is -2.33. The Bertz CT molecular complexity index is 1130. The Labute approximate surface area is 183 Å². The third-order valence-electron chi connectivity index (χ3n) is 5.95. The standard InChI is InChI=1S/C25H30N4O2/c1-18-7-4-5-8-21(18)20-9-10-22-23(17-20)26-29(14-6-13-27(2)3)24(22)19-11-15-28(16-12-19)25(30)31/h4-5,7-11,17H,6,12-16H2,1-3H3,(H,30,31). The van der Waals surface area contributed by atoms with Crippen molar-refractivity contribution in [3.8, 4) is 11.1 Å². The van der Waals surface area contributed by atoms with Gasteiger partial charge in [0.05, 0.1) is 11.2 Å². The number of amides is 1. The van der Waals surface area contributed by atoms with Gasteiger partial charge in [0.1, 0.15) is 0 Å². The average Bonchev–Trinajstić information content (AvgIpc) is 3.11. The Morgan fingerprint density at radius 2 is 2.00 bits per heavy atom. The number of fused-ring (bicyclic) bond motifs is 1. The molecule has 2 heterocycles. The third-order valence-corrected chi connectivity index (χ3v) is 5.95. The minimum Gasteiger partial charge on any atom is -0.465 e. The molecule has 1 amide bonds. The van der Waals surface area contributed by atoms with Crippen molar-refractivity contribution in [3.63, 3.8) is 0 Å². The molecule has 0 unspecified atom stereocenters. The Hall–Kier alpha value is -3.12. The van der Waals surface area contributed by atoms with E-state index in [1.165, 1.54) is 27.2 Å². The van der Waals surface area contributed by atoms with E-state index in [2.05, 4.69) is 73.1 Å². The molecule has 0 atom stereocenters. The zero-order valence-corrected chi connectivity index (χ0v) is 18.5. The molecule has 0 spiro atoms. The number of aromatic nitrogens is 2. The zero-order valence-electron chi connectivity index (χ0n) is 18.5. The number of hydrogen-bond donors (Lipinski definition) is 1. The number of nitrogens with zero attached hydrogens (tertiary/aromatic N) is 4. The summed E-state index contributed by atoms with van der Waals surface area (Å²) in [6.07, 6.45) is 2.90. The van der Waals surface area contributed by atoms with E-state index in [0.717, 1.165) is 36.1 Å². The largest absolute Gasteiger partial charge is 0.465 e. The number of rotatable bonds is 6. The normalized spacial score (nSPS) is 14.3. The molecule has 1 N–H and O–H groups in total. The van der Waals surface area contributed by atoms with Crippen LogP contribution in [0.5, 0.6) is 0 Å². The molecule has 0 bridgehead atoms. The molecular formula is C25H30N4O2. The van der Waals surface area contributed by atoms with Crippen LogP contribution in [0.3, 0.4) is 0 Å². The zero-order chi connectivity index (χ0) is 22.0. The maximum atomic E-state index is 11.3. The molecule has 0 saturated carbocycles. The summed E-state index contributed by atoms with van der Waals surface area (Å²) in [4.78, 5) is 14.9. The second kappa shape index (κ2) is 8.94. The van der Waals surface area contributed by atoms with Gasteiger partial charge < -0.3 is 14.9 Å². The van der Waals surface area contributed by atoms with Crippen LogP contribution in [0.1, 0.15) is 24.1 Å². The van der Waals surface area contributed by atoms with Crippen LogP contribution < -0.4 is 0 Å². The molecule has 0 saturated heterocycles. The molecule has 162 valence electrons. The summed E-state index contributed by atoms with van der Waals surface area (Å²) in [5.41, 5.74) is 6.95. The first-order chi connectivity index (χ1) is 14.9. The van der Waals surface area contributed by atoms with E-state index in [-0.39, 0.29) is 0 Å². The van der Waals surface area contributed by atoms with Gasteiger partial charge in [0.2, 0.25) is 0 Å². The summed E-state index contributed by atoms with van der Waals surface area (Å²) in [6, 6.07) is 14.9. The molecule has 0 radical (unpaired) electrons. The molecule has 6 heteroatoms. The first-order valence-electron chi connectivity index (χ1n) is 10.8. The van der Waals surface area contributed by atoms with Gasteiger partial charge in [0.25, 0.3) is 0 Å². The van der Waals surface area contributed by atoms with Crippen molar-refractivity contribution in [1.29, 1.82) is 0 Å². The lowest BCUT2D eigenvalue weighted by atomic mass is 9.97. The molecule has 0 aliphatic carbocycles. The summed E-state index contributed by atoms with van der Waals surface area (Å²) in [5.74, 6) is 0. The SMILES string of the molecule is Cc1ccccc1-c1ccc2c(C3=CCN(C(=O)O)CC3)n(CCCN(C)C)nc2c1. The van der Waals surface area contributed by atoms with Gasteiger partial charge in [-0.15, -0.1) is 0 Å². The summed E-state index contributed by atoms with van der Waals surface area (Å²) in [5, 5.41) is 15.4. The molecule has 6 nitrogen and oxygen atoms in total. The van der Waals surface area contributed by atoms with Crippen LogP contribution in [0.25, 0.3) is 27.6 Å². The van der Waals surface area contributed by atoms with Crippen molar-refractivity contribution in [2.45, 2.75) is 26.3 Å². The first-order valence-corrected chi connectivity index (χ1v) is 10.8. The molecule has 2 aromatic carbocycles. The van der Waals surface area contributed by atoms with Crippen molar-refractivity contribution in [2.75, 3.05) is 33.7 Å². The van der Waals surface area contributed by atoms with E-state index in [0.29, 0.717) is 19.5 Å². The van der Waals surface area contributed by atoms with Gasteiger partial charge in [-0.3, -0.25) is 4.68 Å². The fraction of sp³-hybridized carbons (Fsp3) is 0.360. The molecule has 0 fully saturated rings. The van der Waals surface area contributed by atoms with Gasteiger partial charge >= 0.3 is 6.09 Å².